The van der Waals surface area contributed by atoms with Crippen molar-refractivity contribution in [2.24, 2.45) is 0 Å². The second-order valence-corrected chi connectivity index (χ2v) is 6.29. The summed E-state index contributed by atoms with van der Waals surface area (Å²) >= 11 is 0. The Labute approximate surface area is 144 Å². The molecule has 3 aromatic rings. The van der Waals surface area contributed by atoms with Crippen molar-refractivity contribution in [2.75, 3.05) is 13.1 Å². The van der Waals surface area contributed by atoms with Gasteiger partial charge in [-0.05, 0) is 37.6 Å². The molecule has 0 radical (unpaired) electrons. The van der Waals surface area contributed by atoms with Crippen molar-refractivity contribution in [3.8, 4) is 22.8 Å². The Morgan fingerprint density at radius 2 is 2.00 bits per heavy atom. The van der Waals surface area contributed by atoms with E-state index in [0.717, 1.165) is 25.2 Å². The highest BCUT2D eigenvalue weighted by Crippen LogP contribution is 2.22. The van der Waals surface area contributed by atoms with E-state index in [1.54, 1.807) is 0 Å². The minimum atomic E-state index is -0.305. The monoisotopic (exact) mass is 337 g/mol. The van der Waals surface area contributed by atoms with Gasteiger partial charge in [-0.2, -0.15) is 10.1 Å². The Bertz CT molecular complexity index is 911. The van der Waals surface area contributed by atoms with Gasteiger partial charge in [0.1, 0.15) is 0 Å². The highest BCUT2D eigenvalue weighted by molar-refractivity contribution is 5.59. The van der Waals surface area contributed by atoms with Crippen LogP contribution in [-0.2, 0) is 6.54 Å². The van der Waals surface area contributed by atoms with Crippen molar-refractivity contribution < 1.29 is 4.52 Å². The minimum Gasteiger partial charge on any atom is -0.334 e. The standard InChI is InChI=1S/C18H19N5O2/c24-16-10-15(11-19-21-16)18-20-17(22-25-18)14-6-4-5-13(9-14)12-23-7-2-1-3-8-23/h4-6,9-11H,1-3,7-8,12H2,(H,21,24). The van der Waals surface area contributed by atoms with Crippen molar-refractivity contribution >= 4 is 0 Å². The zero-order valence-electron chi connectivity index (χ0n) is 13.8. The molecule has 1 aromatic carbocycles. The van der Waals surface area contributed by atoms with E-state index in [4.69, 9.17) is 4.52 Å². The van der Waals surface area contributed by atoms with Crippen molar-refractivity contribution in [1.82, 2.24) is 25.2 Å². The molecule has 25 heavy (non-hydrogen) atoms. The number of hydrogen-bond acceptors (Lipinski definition) is 6. The third-order valence-electron chi connectivity index (χ3n) is 4.38. The minimum absolute atomic E-state index is 0.287. The molecule has 7 heteroatoms. The molecule has 1 aliphatic heterocycles. The molecular formula is C18H19N5O2. The Hall–Kier alpha value is -2.80. The van der Waals surface area contributed by atoms with Gasteiger partial charge < -0.3 is 4.52 Å². The molecule has 0 amide bonds. The SMILES string of the molecule is O=c1cc(-c2nc(-c3cccc(CN4CCCCC4)c3)no2)cn[nH]1. The number of benzene rings is 1. The summed E-state index contributed by atoms with van der Waals surface area (Å²) in [4.78, 5) is 18.2. The molecule has 128 valence electrons. The van der Waals surface area contributed by atoms with Gasteiger partial charge in [-0.15, -0.1) is 0 Å². The summed E-state index contributed by atoms with van der Waals surface area (Å²) in [6, 6.07) is 9.58. The van der Waals surface area contributed by atoms with Crippen LogP contribution in [0.15, 0.2) is 45.8 Å². The molecule has 1 saturated heterocycles. The van der Waals surface area contributed by atoms with Gasteiger partial charge in [0, 0.05) is 18.2 Å². The fourth-order valence-electron chi connectivity index (χ4n) is 3.14. The van der Waals surface area contributed by atoms with Crippen molar-refractivity contribution in [1.29, 1.82) is 0 Å². The molecule has 2 aromatic heterocycles. The normalized spacial score (nSPS) is 15.4. The van der Waals surface area contributed by atoms with Gasteiger partial charge in [0.25, 0.3) is 11.4 Å². The molecule has 0 unspecified atom stereocenters. The predicted octanol–water partition coefficient (Wildman–Crippen LogP) is 2.47. The Morgan fingerprint density at radius 1 is 1.12 bits per heavy atom. The van der Waals surface area contributed by atoms with Crippen molar-refractivity contribution in [2.45, 2.75) is 25.8 Å². The largest absolute Gasteiger partial charge is 0.334 e. The van der Waals surface area contributed by atoms with Crippen LogP contribution in [0.4, 0.5) is 0 Å². The number of piperidine rings is 1. The number of aromatic nitrogens is 4. The summed E-state index contributed by atoms with van der Waals surface area (Å²) in [5.74, 6) is 0.797. The van der Waals surface area contributed by atoms with Crippen LogP contribution in [-0.4, -0.2) is 38.3 Å². The van der Waals surface area contributed by atoms with Crippen LogP contribution in [0, 0.1) is 0 Å². The van der Waals surface area contributed by atoms with Gasteiger partial charge in [-0.1, -0.05) is 29.8 Å². The van der Waals surface area contributed by atoms with Crippen LogP contribution in [0.3, 0.4) is 0 Å². The van der Waals surface area contributed by atoms with Crippen LogP contribution >= 0.6 is 0 Å². The maximum atomic E-state index is 11.4. The van der Waals surface area contributed by atoms with Gasteiger partial charge in [-0.3, -0.25) is 9.69 Å². The summed E-state index contributed by atoms with van der Waals surface area (Å²) in [6.07, 6.45) is 5.38. The lowest BCUT2D eigenvalue weighted by molar-refractivity contribution is 0.221. The molecule has 1 N–H and O–H groups in total. The second kappa shape index (κ2) is 6.98. The smallest absolute Gasteiger partial charge is 0.264 e. The molecule has 4 rings (SSSR count). The quantitative estimate of drug-likeness (QED) is 0.787. The molecule has 7 nitrogen and oxygen atoms in total. The molecule has 1 fully saturated rings. The van der Waals surface area contributed by atoms with E-state index >= 15 is 0 Å². The van der Waals surface area contributed by atoms with Gasteiger partial charge in [0.2, 0.25) is 5.82 Å². The number of likely N-dealkylation sites (tertiary alicyclic amines) is 1. The average molecular weight is 337 g/mol. The van der Waals surface area contributed by atoms with Crippen LogP contribution < -0.4 is 5.56 Å². The Morgan fingerprint density at radius 3 is 2.84 bits per heavy atom. The molecular weight excluding hydrogens is 318 g/mol. The number of hydrogen-bond donors (Lipinski definition) is 1. The van der Waals surface area contributed by atoms with Crippen molar-refractivity contribution in [3.05, 3.63) is 52.4 Å². The topological polar surface area (TPSA) is 87.9 Å². The van der Waals surface area contributed by atoms with Gasteiger partial charge in [-0.25, -0.2) is 5.10 Å². The maximum Gasteiger partial charge on any atom is 0.264 e. The number of aromatic amines is 1. The molecule has 0 saturated carbocycles. The Kier molecular flexibility index (Phi) is 4.39. The van der Waals surface area contributed by atoms with E-state index in [-0.39, 0.29) is 11.4 Å². The highest BCUT2D eigenvalue weighted by Gasteiger charge is 2.14. The fourth-order valence-corrected chi connectivity index (χ4v) is 3.14. The fraction of sp³-hybridized carbons (Fsp3) is 0.333. The summed E-state index contributed by atoms with van der Waals surface area (Å²) in [5.41, 5.74) is 2.35. The molecule has 0 spiro atoms. The first-order valence-corrected chi connectivity index (χ1v) is 8.48. The van der Waals surface area contributed by atoms with Crippen LogP contribution in [0.1, 0.15) is 24.8 Å². The van der Waals surface area contributed by atoms with E-state index in [2.05, 4.69) is 37.4 Å². The zero-order chi connectivity index (χ0) is 17.1. The number of nitrogens with one attached hydrogen (secondary N) is 1. The summed E-state index contributed by atoms with van der Waals surface area (Å²) in [7, 11) is 0. The van der Waals surface area contributed by atoms with E-state index in [9.17, 15) is 4.79 Å². The van der Waals surface area contributed by atoms with Gasteiger partial charge in [0.15, 0.2) is 0 Å². The Balaban J connectivity index is 1.56. The maximum absolute atomic E-state index is 11.4. The summed E-state index contributed by atoms with van der Waals surface area (Å²) < 4.78 is 5.29. The number of H-pyrrole nitrogens is 1. The lowest BCUT2D eigenvalue weighted by Gasteiger charge is -2.26. The summed E-state index contributed by atoms with van der Waals surface area (Å²) in [5, 5.41) is 10.1. The van der Waals surface area contributed by atoms with Gasteiger partial charge in [0.05, 0.1) is 11.8 Å². The van der Waals surface area contributed by atoms with E-state index in [0.29, 0.717) is 11.4 Å². The molecule has 0 atom stereocenters. The lowest BCUT2D eigenvalue weighted by Crippen LogP contribution is -2.29. The number of rotatable bonds is 4. The third-order valence-corrected chi connectivity index (χ3v) is 4.38. The first-order chi connectivity index (χ1) is 12.3. The van der Waals surface area contributed by atoms with Crippen LogP contribution in [0.25, 0.3) is 22.8 Å². The van der Waals surface area contributed by atoms with E-state index in [1.807, 2.05) is 12.1 Å². The average Bonchev–Trinajstić information content (AvgIpc) is 3.13. The van der Waals surface area contributed by atoms with Crippen LogP contribution in [0.5, 0.6) is 0 Å². The predicted molar refractivity (Wildman–Crippen MR) is 92.7 cm³/mol. The molecule has 0 aliphatic carbocycles. The van der Waals surface area contributed by atoms with Crippen LogP contribution in [0.2, 0.25) is 0 Å². The summed E-state index contributed by atoms with van der Waals surface area (Å²) in [6.45, 7) is 3.26. The van der Waals surface area contributed by atoms with E-state index in [1.165, 1.54) is 37.1 Å². The molecule has 1 aliphatic rings. The lowest BCUT2D eigenvalue weighted by atomic mass is 10.1. The highest BCUT2D eigenvalue weighted by atomic mass is 16.5. The molecule has 0 bridgehead atoms. The van der Waals surface area contributed by atoms with Crippen molar-refractivity contribution in [3.63, 3.8) is 0 Å². The zero-order valence-corrected chi connectivity index (χ0v) is 13.8. The van der Waals surface area contributed by atoms with Gasteiger partial charge >= 0.3 is 0 Å². The molecule has 3 heterocycles. The third kappa shape index (κ3) is 3.66. The first-order valence-electron chi connectivity index (χ1n) is 8.48. The second-order valence-electron chi connectivity index (χ2n) is 6.29. The van der Waals surface area contributed by atoms with E-state index < -0.39 is 0 Å². The first kappa shape index (κ1) is 15.7. The number of nitrogens with zero attached hydrogens (tertiary/aromatic N) is 4.